The molecular formula is C12H12ClNO. The van der Waals surface area contributed by atoms with Gasteiger partial charge >= 0.3 is 0 Å². The van der Waals surface area contributed by atoms with E-state index in [-0.39, 0.29) is 0 Å². The fourth-order valence-corrected chi connectivity index (χ4v) is 1.55. The molecule has 2 nitrogen and oxygen atoms in total. The summed E-state index contributed by atoms with van der Waals surface area (Å²) in [7, 11) is 0. The van der Waals surface area contributed by atoms with Crippen LogP contribution >= 0.6 is 11.6 Å². The molecule has 0 amide bonds. The SMILES string of the molecule is [2H]C1=C([2H])C([2H])([2H])CC(N)(c2c([2H])c([2H])c([2H])c([2H])c2Cl)C1=O. The monoisotopic (exact) mass is 229 g/mol. The highest BCUT2D eigenvalue weighted by Gasteiger charge is 2.36. The van der Waals surface area contributed by atoms with Gasteiger partial charge in [-0.25, -0.2) is 0 Å². The third kappa shape index (κ3) is 1.71. The van der Waals surface area contributed by atoms with Crippen molar-refractivity contribution in [3.8, 4) is 0 Å². The second kappa shape index (κ2) is 3.80. The predicted octanol–water partition coefficient (Wildman–Crippen LogP) is 2.41. The number of benzene rings is 1. The van der Waals surface area contributed by atoms with E-state index < -0.39 is 71.0 Å². The van der Waals surface area contributed by atoms with Crippen LogP contribution in [0.15, 0.2) is 36.3 Å². The summed E-state index contributed by atoms with van der Waals surface area (Å²) in [4.78, 5) is 12.4. The van der Waals surface area contributed by atoms with Crippen LogP contribution in [-0.4, -0.2) is 5.78 Å². The van der Waals surface area contributed by atoms with Crippen molar-refractivity contribution in [2.24, 2.45) is 5.73 Å². The van der Waals surface area contributed by atoms with Crippen LogP contribution in [0.3, 0.4) is 0 Å². The maximum atomic E-state index is 12.4. The molecule has 1 aromatic carbocycles. The van der Waals surface area contributed by atoms with Crippen molar-refractivity contribution in [1.29, 1.82) is 0 Å². The Morgan fingerprint density at radius 3 is 3.07 bits per heavy atom. The first-order valence-electron chi connectivity index (χ1n) is 8.14. The van der Waals surface area contributed by atoms with Crippen molar-refractivity contribution in [2.75, 3.05) is 0 Å². The molecule has 0 saturated carbocycles. The fourth-order valence-electron chi connectivity index (χ4n) is 1.28. The summed E-state index contributed by atoms with van der Waals surface area (Å²) in [5, 5.41) is -0.496. The molecule has 0 bridgehead atoms. The largest absolute Gasteiger partial charge is 0.315 e. The lowest BCUT2D eigenvalue weighted by Gasteiger charge is -2.30. The molecular weight excluding hydrogens is 210 g/mol. The second-order valence-corrected chi connectivity index (χ2v) is 3.47. The number of halogens is 1. The van der Waals surface area contributed by atoms with Crippen LogP contribution < -0.4 is 5.73 Å². The highest BCUT2D eigenvalue weighted by molar-refractivity contribution is 6.31. The Morgan fingerprint density at radius 2 is 2.27 bits per heavy atom. The van der Waals surface area contributed by atoms with E-state index in [4.69, 9.17) is 28.3 Å². The quantitative estimate of drug-likeness (QED) is 0.804. The van der Waals surface area contributed by atoms with E-state index in [2.05, 4.69) is 0 Å². The predicted molar refractivity (Wildman–Crippen MR) is 60.7 cm³/mol. The zero-order chi connectivity index (χ0) is 17.9. The van der Waals surface area contributed by atoms with Gasteiger partial charge in [-0.2, -0.15) is 0 Å². The zero-order valence-corrected chi connectivity index (χ0v) is 8.33. The molecule has 15 heavy (non-hydrogen) atoms. The number of carbonyl (C=O) groups excluding carboxylic acids is 1. The van der Waals surface area contributed by atoms with Crippen molar-refractivity contribution in [2.45, 2.75) is 18.3 Å². The molecule has 0 fully saturated rings. The molecule has 0 aromatic heterocycles. The Bertz CT molecular complexity index is 733. The molecule has 0 saturated heterocycles. The summed E-state index contributed by atoms with van der Waals surface area (Å²) in [5.74, 6) is -1.11. The normalized spacial score (nSPS) is 37.9. The number of hydrogen-bond acceptors (Lipinski definition) is 2. The van der Waals surface area contributed by atoms with E-state index in [1.807, 2.05) is 0 Å². The summed E-state index contributed by atoms with van der Waals surface area (Å²) < 4.78 is 61.6. The maximum Gasteiger partial charge on any atom is 0.179 e. The summed E-state index contributed by atoms with van der Waals surface area (Å²) >= 11 is 5.95. The smallest absolute Gasteiger partial charge is 0.179 e. The van der Waals surface area contributed by atoms with Gasteiger partial charge < -0.3 is 5.73 Å². The van der Waals surface area contributed by atoms with E-state index in [1.165, 1.54) is 0 Å². The van der Waals surface area contributed by atoms with Crippen LogP contribution in [0.2, 0.25) is 5.02 Å². The lowest BCUT2D eigenvalue weighted by molar-refractivity contribution is -0.120. The minimum Gasteiger partial charge on any atom is -0.315 e. The molecule has 2 rings (SSSR count). The van der Waals surface area contributed by atoms with Crippen molar-refractivity contribution >= 4 is 17.4 Å². The molecule has 2 N–H and O–H groups in total. The maximum absolute atomic E-state index is 12.4. The van der Waals surface area contributed by atoms with Gasteiger partial charge in [0.15, 0.2) is 5.78 Å². The highest BCUT2D eigenvalue weighted by Crippen LogP contribution is 2.33. The molecule has 0 radical (unpaired) electrons. The van der Waals surface area contributed by atoms with E-state index in [0.29, 0.717) is 0 Å². The summed E-state index contributed by atoms with van der Waals surface area (Å²) in [6.45, 7) is 0. The third-order valence-electron chi connectivity index (χ3n) is 2.12. The molecule has 1 atom stereocenters. The molecule has 1 aliphatic rings. The highest BCUT2D eigenvalue weighted by atomic mass is 35.5. The Kier molecular flexibility index (Phi) is 1.11. The molecule has 0 aliphatic heterocycles. The van der Waals surface area contributed by atoms with Crippen LogP contribution in [0.4, 0.5) is 0 Å². The minimum absolute atomic E-state index is 0.462. The van der Waals surface area contributed by atoms with Crippen LogP contribution in [-0.2, 0) is 10.3 Å². The second-order valence-electron chi connectivity index (χ2n) is 3.09. The summed E-state index contributed by atoms with van der Waals surface area (Å²) in [5.41, 5.74) is 3.27. The number of nitrogens with two attached hydrogens (primary N) is 1. The van der Waals surface area contributed by atoms with Crippen molar-refractivity contribution in [1.82, 2.24) is 0 Å². The molecule has 1 unspecified atom stereocenters. The lowest BCUT2D eigenvalue weighted by atomic mass is 9.79. The average molecular weight is 230 g/mol. The van der Waals surface area contributed by atoms with Gasteiger partial charge in [0.25, 0.3) is 0 Å². The average Bonchev–Trinajstić information content (AvgIpc) is 2.47. The number of carbonyl (C=O) groups is 1. The van der Waals surface area contributed by atoms with E-state index in [9.17, 15) is 4.79 Å². The fraction of sp³-hybridized carbons (Fsp3) is 0.250. The van der Waals surface area contributed by atoms with Gasteiger partial charge in [-0.1, -0.05) is 35.8 Å². The van der Waals surface area contributed by atoms with E-state index in [0.717, 1.165) is 0 Å². The summed E-state index contributed by atoms with van der Waals surface area (Å²) in [6, 6.07) is -4.30. The molecule has 0 heterocycles. The van der Waals surface area contributed by atoms with Gasteiger partial charge in [0.05, 0.1) is 8.22 Å². The van der Waals surface area contributed by atoms with Gasteiger partial charge in [-0.15, -0.1) is 0 Å². The minimum atomic E-state index is -2.40. The Labute approximate surface area is 105 Å². The molecule has 78 valence electrons. The van der Waals surface area contributed by atoms with Gasteiger partial charge in [0.1, 0.15) is 5.54 Å². The van der Waals surface area contributed by atoms with Gasteiger partial charge in [0.2, 0.25) is 0 Å². The molecule has 3 heteroatoms. The Morgan fingerprint density at radius 1 is 1.53 bits per heavy atom. The van der Waals surface area contributed by atoms with Crippen LogP contribution in [0.1, 0.15) is 29.3 Å². The molecule has 0 spiro atoms. The van der Waals surface area contributed by atoms with Gasteiger partial charge in [-0.3, -0.25) is 4.79 Å². The number of ketones is 1. The molecule has 1 aliphatic carbocycles. The first-order chi connectivity index (χ1) is 10.4. The Balaban J connectivity index is 2.85. The standard InChI is InChI=1S/C12H12ClNO/c13-10-6-2-1-5-9(10)12(14)8-4-3-7-11(12)15/h1-3,5-7H,4,8,14H2/i1D,2D,3D,4D2,5D,6D,7D. The van der Waals surface area contributed by atoms with Crippen molar-refractivity contribution in [3.63, 3.8) is 0 Å². The zero-order valence-electron chi connectivity index (χ0n) is 15.6. The Hall–Kier alpha value is -1.12. The van der Waals surface area contributed by atoms with E-state index >= 15 is 0 Å². The third-order valence-corrected chi connectivity index (χ3v) is 2.41. The van der Waals surface area contributed by atoms with Gasteiger partial charge in [-0.05, 0) is 30.5 Å². The first-order valence-corrected chi connectivity index (χ1v) is 4.52. The van der Waals surface area contributed by atoms with Crippen molar-refractivity contribution < 1.29 is 15.8 Å². The topological polar surface area (TPSA) is 43.1 Å². The number of rotatable bonds is 1. The van der Waals surface area contributed by atoms with Crippen LogP contribution in [0.25, 0.3) is 0 Å². The number of hydrogen-bond donors (Lipinski definition) is 1. The summed E-state index contributed by atoms with van der Waals surface area (Å²) in [6.07, 6.45) is -3.15. The van der Waals surface area contributed by atoms with E-state index in [1.54, 1.807) is 0 Å². The molecule has 1 aromatic rings. The van der Waals surface area contributed by atoms with Crippen LogP contribution in [0, 0.1) is 0 Å². The van der Waals surface area contributed by atoms with Crippen molar-refractivity contribution in [3.05, 3.63) is 46.9 Å². The van der Waals surface area contributed by atoms with Gasteiger partial charge in [0, 0.05) is 7.76 Å². The number of allylic oxidation sites excluding steroid dienone is 1. The van der Waals surface area contributed by atoms with Crippen LogP contribution in [0.5, 0.6) is 0 Å². The lowest BCUT2D eigenvalue weighted by Crippen LogP contribution is -2.45. The first kappa shape index (κ1) is 4.40.